The molecule has 0 bridgehead atoms. The van der Waals surface area contributed by atoms with Crippen molar-refractivity contribution in [3.63, 3.8) is 0 Å². The lowest BCUT2D eigenvalue weighted by Gasteiger charge is -2.10. The molecule has 0 radical (unpaired) electrons. The van der Waals surface area contributed by atoms with E-state index in [9.17, 15) is 4.79 Å². The predicted octanol–water partition coefficient (Wildman–Crippen LogP) is 0.200. The third-order valence-electron chi connectivity index (χ3n) is 1.80. The van der Waals surface area contributed by atoms with Gasteiger partial charge in [-0.1, -0.05) is 11.6 Å². The zero-order valence-corrected chi connectivity index (χ0v) is 7.82. The summed E-state index contributed by atoms with van der Waals surface area (Å²) in [6, 6.07) is 0. The van der Waals surface area contributed by atoms with Gasteiger partial charge < -0.3 is 15.4 Å². The molecule has 1 unspecified atom stereocenters. The summed E-state index contributed by atoms with van der Waals surface area (Å²) in [5.41, 5.74) is 5.76. The van der Waals surface area contributed by atoms with Crippen molar-refractivity contribution >= 4 is 17.6 Å². The maximum Gasteiger partial charge on any atom is 0.313 e. The third kappa shape index (κ3) is 1.81. The Hall–Kier alpha value is -1.07. The number of hydrogen-bond donors (Lipinski definition) is 2. The van der Waals surface area contributed by atoms with Crippen LogP contribution in [0.25, 0.3) is 0 Å². The molecular weight excluding hydrogens is 194 g/mol. The van der Waals surface area contributed by atoms with Crippen LogP contribution >= 0.6 is 11.6 Å². The lowest BCUT2D eigenvalue weighted by molar-refractivity contribution is -0.138. The van der Waals surface area contributed by atoms with Crippen LogP contribution < -0.4 is 5.73 Å². The summed E-state index contributed by atoms with van der Waals surface area (Å²) in [6.45, 7) is 0.00852. The molecule has 0 amide bonds. The minimum absolute atomic E-state index is 0.00852. The van der Waals surface area contributed by atoms with Crippen molar-refractivity contribution in [3.8, 4) is 0 Å². The van der Waals surface area contributed by atoms with Crippen molar-refractivity contribution in [1.82, 2.24) is 9.55 Å². The normalized spacial score (nSPS) is 12.8. The molecule has 3 N–H and O–H groups in total. The van der Waals surface area contributed by atoms with Gasteiger partial charge in [-0.2, -0.15) is 0 Å². The Morgan fingerprint density at radius 3 is 2.85 bits per heavy atom. The number of aryl methyl sites for hydroxylation is 1. The van der Waals surface area contributed by atoms with E-state index in [1.807, 2.05) is 0 Å². The number of hydrogen-bond acceptors (Lipinski definition) is 3. The van der Waals surface area contributed by atoms with Gasteiger partial charge in [0.15, 0.2) is 5.15 Å². The zero-order valence-electron chi connectivity index (χ0n) is 7.07. The second-order valence-corrected chi connectivity index (χ2v) is 3.02. The maximum atomic E-state index is 10.8. The molecule has 72 valence electrons. The van der Waals surface area contributed by atoms with Crippen molar-refractivity contribution in [2.45, 2.75) is 5.92 Å². The average molecular weight is 204 g/mol. The molecule has 6 heteroatoms. The highest BCUT2D eigenvalue weighted by molar-refractivity contribution is 6.30. The van der Waals surface area contributed by atoms with Gasteiger partial charge in [0, 0.05) is 13.6 Å². The molecule has 0 aliphatic rings. The van der Waals surface area contributed by atoms with E-state index < -0.39 is 11.9 Å². The van der Waals surface area contributed by atoms with Crippen molar-refractivity contribution in [3.05, 3.63) is 17.2 Å². The summed E-state index contributed by atoms with van der Waals surface area (Å²) >= 11 is 5.71. The fraction of sp³-hybridized carbons (Fsp3) is 0.429. The van der Waals surface area contributed by atoms with Crippen LogP contribution in [0.3, 0.4) is 0 Å². The second-order valence-electron chi connectivity index (χ2n) is 2.66. The van der Waals surface area contributed by atoms with E-state index in [1.165, 1.54) is 6.33 Å². The Morgan fingerprint density at radius 1 is 1.92 bits per heavy atom. The number of nitrogens with zero attached hydrogens (tertiary/aromatic N) is 2. The number of carbonyl (C=O) groups is 1. The molecule has 0 fully saturated rings. The molecule has 0 aromatic carbocycles. The average Bonchev–Trinajstić information content (AvgIpc) is 2.36. The number of nitrogens with two attached hydrogens (primary N) is 1. The first-order valence-electron chi connectivity index (χ1n) is 3.67. The minimum Gasteiger partial charge on any atom is -0.481 e. The highest BCUT2D eigenvalue weighted by atomic mass is 35.5. The first kappa shape index (κ1) is 10.0. The van der Waals surface area contributed by atoms with Gasteiger partial charge in [-0.15, -0.1) is 0 Å². The Kier molecular flexibility index (Phi) is 2.90. The predicted molar refractivity (Wildman–Crippen MR) is 47.6 cm³/mol. The van der Waals surface area contributed by atoms with E-state index in [2.05, 4.69) is 4.98 Å². The van der Waals surface area contributed by atoms with Crippen LogP contribution in [-0.2, 0) is 11.8 Å². The van der Waals surface area contributed by atoms with Gasteiger partial charge in [-0.05, 0) is 0 Å². The fourth-order valence-electron chi connectivity index (χ4n) is 1.13. The van der Waals surface area contributed by atoms with Gasteiger partial charge in [-0.3, -0.25) is 4.79 Å². The van der Waals surface area contributed by atoms with Gasteiger partial charge in [0.05, 0.1) is 12.0 Å². The number of aliphatic carboxylic acids is 1. The Bertz CT molecular complexity index is 304. The number of aromatic nitrogens is 2. The molecule has 5 nitrogen and oxygen atoms in total. The molecule has 0 aliphatic heterocycles. The van der Waals surface area contributed by atoms with Crippen LogP contribution in [0, 0.1) is 0 Å². The summed E-state index contributed by atoms with van der Waals surface area (Å²) in [7, 11) is 1.68. The van der Waals surface area contributed by atoms with Crippen molar-refractivity contribution in [2.24, 2.45) is 12.8 Å². The van der Waals surface area contributed by atoms with Gasteiger partial charge in [0.1, 0.15) is 5.92 Å². The lowest BCUT2D eigenvalue weighted by Crippen LogP contribution is -2.23. The maximum absolute atomic E-state index is 10.8. The monoisotopic (exact) mass is 203 g/mol. The number of halogens is 1. The quantitative estimate of drug-likeness (QED) is 0.736. The Balaban J connectivity index is 3.10. The zero-order chi connectivity index (χ0) is 10.0. The van der Waals surface area contributed by atoms with E-state index in [-0.39, 0.29) is 11.7 Å². The van der Waals surface area contributed by atoms with Crippen LogP contribution in [0.5, 0.6) is 0 Å². The van der Waals surface area contributed by atoms with Crippen LogP contribution in [-0.4, -0.2) is 27.2 Å². The van der Waals surface area contributed by atoms with Crippen molar-refractivity contribution in [2.75, 3.05) is 6.54 Å². The van der Waals surface area contributed by atoms with Crippen LogP contribution in [0.1, 0.15) is 11.6 Å². The number of rotatable bonds is 3. The molecule has 1 heterocycles. The van der Waals surface area contributed by atoms with Crippen LogP contribution in [0.15, 0.2) is 6.33 Å². The van der Waals surface area contributed by atoms with Gasteiger partial charge in [-0.25, -0.2) is 4.98 Å². The molecular formula is C7H10ClN3O2. The molecule has 1 aromatic heterocycles. The first-order chi connectivity index (χ1) is 6.07. The van der Waals surface area contributed by atoms with E-state index >= 15 is 0 Å². The van der Waals surface area contributed by atoms with E-state index in [0.29, 0.717) is 5.69 Å². The summed E-state index contributed by atoms with van der Waals surface area (Å²) in [6.07, 6.45) is 1.46. The fourth-order valence-corrected chi connectivity index (χ4v) is 1.44. The summed E-state index contributed by atoms with van der Waals surface area (Å²) in [5, 5.41) is 9.01. The van der Waals surface area contributed by atoms with Crippen molar-refractivity contribution in [1.29, 1.82) is 0 Å². The Labute approximate surface area is 80.1 Å². The highest BCUT2D eigenvalue weighted by Crippen LogP contribution is 2.22. The van der Waals surface area contributed by atoms with Gasteiger partial charge in [0.25, 0.3) is 0 Å². The minimum atomic E-state index is -0.993. The summed E-state index contributed by atoms with van der Waals surface area (Å²) in [5.74, 6) is -1.78. The smallest absolute Gasteiger partial charge is 0.313 e. The number of imidazole rings is 1. The topological polar surface area (TPSA) is 81.1 Å². The standard InChI is InChI=1S/C7H10ClN3O2/c1-11-3-10-6(8)5(11)4(2-9)7(12)13/h3-4H,2,9H2,1H3,(H,12,13). The summed E-state index contributed by atoms with van der Waals surface area (Å²) < 4.78 is 1.56. The molecule has 0 aliphatic carbocycles. The lowest BCUT2D eigenvalue weighted by atomic mass is 10.1. The molecule has 0 saturated heterocycles. The van der Waals surface area contributed by atoms with Gasteiger partial charge >= 0.3 is 5.97 Å². The van der Waals surface area contributed by atoms with E-state index in [1.54, 1.807) is 11.6 Å². The molecule has 1 atom stereocenters. The molecule has 1 rings (SSSR count). The molecule has 13 heavy (non-hydrogen) atoms. The number of carboxylic acid groups (broad SMARTS) is 1. The molecule has 0 spiro atoms. The van der Waals surface area contributed by atoms with E-state index in [4.69, 9.17) is 22.4 Å². The molecule has 0 saturated carbocycles. The second kappa shape index (κ2) is 3.76. The third-order valence-corrected chi connectivity index (χ3v) is 2.09. The SMILES string of the molecule is Cn1cnc(Cl)c1C(CN)C(=O)O. The van der Waals surface area contributed by atoms with E-state index in [0.717, 1.165) is 0 Å². The van der Waals surface area contributed by atoms with Crippen LogP contribution in [0.2, 0.25) is 5.15 Å². The number of carboxylic acids is 1. The Morgan fingerprint density at radius 2 is 2.54 bits per heavy atom. The molecule has 1 aromatic rings. The summed E-state index contributed by atoms with van der Waals surface area (Å²) in [4.78, 5) is 14.5. The first-order valence-corrected chi connectivity index (χ1v) is 4.05. The van der Waals surface area contributed by atoms with Gasteiger partial charge in [0.2, 0.25) is 0 Å². The van der Waals surface area contributed by atoms with Crippen molar-refractivity contribution < 1.29 is 9.90 Å². The van der Waals surface area contributed by atoms with Crippen LogP contribution in [0.4, 0.5) is 0 Å². The highest BCUT2D eigenvalue weighted by Gasteiger charge is 2.24. The largest absolute Gasteiger partial charge is 0.481 e.